The van der Waals surface area contributed by atoms with Crippen molar-refractivity contribution in [3.05, 3.63) is 89.9 Å². The van der Waals surface area contributed by atoms with Crippen molar-refractivity contribution in [2.45, 2.75) is 64.4 Å². The molecule has 0 bridgehead atoms. The molecule has 3 atom stereocenters. The predicted molar refractivity (Wildman–Crippen MR) is 226 cm³/mol. The molecule has 2 aromatic carbocycles. The average molecular weight is 895 g/mol. The fourth-order valence-corrected chi connectivity index (χ4v) is 7.34. The first-order valence-electron chi connectivity index (χ1n) is 19.4. The Hall–Kier alpha value is -6.09. The Labute approximate surface area is 364 Å². The summed E-state index contributed by atoms with van der Waals surface area (Å²) in [7, 11) is 0. The number of benzene rings is 2. The van der Waals surface area contributed by atoms with Crippen LogP contribution in [0.4, 0.5) is 20.3 Å². The zero-order valence-corrected chi connectivity index (χ0v) is 35.7. The third kappa shape index (κ3) is 12.1. The third-order valence-corrected chi connectivity index (χ3v) is 10.6. The molecule has 1 fully saturated rings. The number of carbonyl (C=O) groups excluding carboxylic acids is 4. The Morgan fingerprint density at radius 2 is 1.82 bits per heavy atom. The maximum Gasteiger partial charge on any atom is 0.487 e. The van der Waals surface area contributed by atoms with E-state index in [-0.39, 0.29) is 50.6 Å². The smallest absolute Gasteiger partial charge is 0.420 e. The highest BCUT2D eigenvalue weighted by Gasteiger charge is 2.44. The van der Waals surface area contributed by atoms with Crippen molar-refractivity contribution in [1.29, 1.82) is 0 Å². The van der Waals surface area contributed by atoms with Gasteiger partial charge in [-0.2, -0.15) is 5.10 Å². The van der Waals surface area contributed by atoms with Gasteiger partial charge >= 0.3 is 5.57 Å². The molecule has 62 heavy (non-hydrogen) atoms. The maximum atomic E-state index is 14.0. The van der Waals surface area contributed by atoms with Gasteiger partial charge in [0.2, 0.25) is 17.7 Å². The van der Waals surface area contributed by atoms with Crippen molar-refractivity contribution in [2.24, 2.45) is 5.41 Å². The van der Waals surface area contributed by atoms with Gasteiger partial charge in [-0.15, -0.1) is 13.9 Å². The summed E-state index contributed by atoms with van der Waals surface area (Å²) in [6, 6.07) is 14.1. The summed E-state index contributed by atoms with van der Waals surface area (Å²) < 4.78 is 39.8. The summed E-state index contributed by atoms with van der Waals surface area (Å²) in [5, 5.41) is 32.9. The molecule has 1 saturated heterocycles. The van der Waals surface area contributed by atoms with Gasteiger partial charge in [-0.1, -0.05) is 49.5 Å². The number of ether oxygens (including phenoxy) is 2. The van der Waals surface area contributed by atoms with Gasteiger partial charge in [0.15, 0.2) is 0 Å². The number of anilines is 2. The first-order chi connectivity index (χ1) is 29.4. The van der Waals surface area contributed by atoms with Gasteiger partial charge in [0.25, 0.3) is 5.91 Å². The second-order valence-corrected chi connectivity index (χ2v) is 16.7. The summed E-state index contributed by atoms with van der Waals surface area (Å²) in [5.41, 5.74) is -0.459. The average Bonchev–Trinajstić information content (AvgIpc) is 4.01. The van der Waals surface area contributed by atoms with E-state index in [1.165, 1.54) is 53.1 Å². The zero-order chi connectivity index (χ0) is 44.6. The Morgan fingerprint density at radius 1 is 1.08 bits per heavy atom. The van der Waals surface area contributed by atoms with Gasteiger partial charge in [-0.3, -0.25) is 24.3 Å². The van der Waals surface area contributed by atoms with Crippen LogP contribution in [0.15, 0.2) is 73.1 Å². The number of nitrogens with one attached hydrogen (secondary N) is 5. The van der Waals surface area contributed by atoms with Crippen LogP contribution < -0.4 is 26.0 Å². The Kier molecular flexibility index (Phi) is 14.5. The van der Waals surface area contributed by atoms with E-state index in [1.807, 2.05) is 31.2 Å². The standard InChI is InChI=1S/C41H45ClF2N10O7S/c1-23-34(62-53-51-23)25-7-5-24(6-8-25)19-47-38(58)32-18-28(55)21-54(32)39(59)35(40(2,3)4)50-33(56)22-60-16-15-45-36-30(31-13-14-48-52-31)17-26(20-46-36)37(57)49-27-9-11-29(12-10-27)61-41(42,43)44/h5-14,17,20,28,32,35,55H,15-16,18-19,21-22H2,1-4H3,(H,45,46)(H,47,58)(H,48,52)(H,49,57)(H,50,56)/t28-,32+,35?/m1/s1. The number of rotatable bonds is 17. The molecule has 21 heteroatoms. The second-order valence-electron chi connectivity index (χ2n) is 15.5. The number of H-pyrrole nitrogens is 1. The third-order valence-electron chi connectivity index (χ3n) is 9.68. The summed E-state index contributed by atoms with van der Waals surface area (Å²) >= 11 is 6.11. The van der Waals surface area contributed by atoms with E-state index in [2.05, 4.69) is 50.8 Å². The molecule has 6 rings (SSSR count). The maximum absolute atomic E-state index is 14.0. The highest BCUT2D eigenvalue weighted by molar-refractivity contribution is 7.09. The van der Waals surface area contributed by atoms with Crippen LogP contribution in [0.5, 0.6) is 5.75 Å². The molecule has 4 amide bonds. The van der Waals surface area contributed by atoms with Gasteiger partial charge in [-0.05, 0) is 71.4 Å². The number of halogens is 3. The van der Waals surface area contributed by atoms with Gasteiger partial charge < -0.3 is 40.7 Å². The Morgan fingerprint density at radius 3 is 2.47 bits per heavy atom. The SMILES string of the molecule is Cc1nnsc1-c1ccc(CNC(=O)[C@@H]2C[C@@H](O)CN2C(=O)C(NC(=O)COCCNc2ncc(C(=O)Nc3ccc(OC(F)(F)Cl)cc3)cc2-c2ccn[nH]2)C(C)(C)C)cc1. The van der Waals surface area contributed by atoms with E-state index in [9.17, 15) is 33.1 Å². The molecule has 5 aromatic rings. The van der Waals surface area contributed by atoms with E-state index in [1.54, 1.807) is 32.9 Å². The summed E-state index contributed by atoms with van der Waals surface area (Å²) in [6.45, 7) is 7.26. The minimum Gasteiger partial charge on any atom is -0.420 e. The summed E-state index contributed by atoms with van der Waals surface area (Å²) in [5.74, 6) is -1.82. The van der Waals surface area contributed by atoms with Crippen LogP contribution in [0.25, 0.3) is 21.7 Å². The number of likely N-dealkylation sites (tertiary alicyclic amines) is 1. The van der Waals surface area contributed by atoms with Crippen LogP contribution in [-0.4, -0.2) is 108 Å². The van der Waals surface area contributed by atoms with E-state index in [4.69, 9.17) is 16.3 Å². The van der Waals surface area contributed by atoms with Crippen LogP contribution in [0.1, 0.15) is 48.8 Å². The lowest BCUT2D eigenvalue weighted by molar-refractivity contribution is -0.144. The van der Waals surface area contributed by atoms with Crippen LogP contribution in [-0.2, 0) is 25.7 Å². The van der Waals surface area contributed by atoms with E-state index < -0.39 is 52.8 Å². The molecule has 0 radical (unpaired) electrons. The molecular formula is C41H45ClF2N10O7S. The van der Waals surface area contributed by atoms with Crippen LogP contribution in [0.3, 0.4) is 0 Å². The minimum atomic E-state index is -3.88. The number of aryl methyl sites for hydroxylation is 1. The van der Waals surface area contributed by atoms with Crippen LogP contribution in [0.2, 0.25) is 0 Å². The highest BCUT2D eigenvalue weighted by Crippen LogP contribution is 2.30. The lowest BCUT2D eigenvalue weighted by Crippen LogP contribution is -2.58. The molecule has 1 aliphatic rings. The molecule has 17 nitrogen and oxygen atoms in total. The number of aliphatic hydroxyl groups is 1. The molecule has 4 heterocycles. The molecule has 0 aliphatic carbocycles. The number of β-amino-alcohol motifs (C(OH)–C–C–N with tert-alkyl or cyclic N) is 1. The molecular weight excluding hydrogens is 850 g/mol. The number of carbonyl (C=O) groups is 4. The van der Waals surface area contributed by atoms with Gasteiger partial charge in [0.05, 0.1) is 34.5 Å². The number of aromatic nitrogens is 5. The first kappa shape index (κ1) is 45.4. The van der Waals surface area contributed by atoms with Crippen LogP contribution >= 0.6 is 23.1 Å². The van der Waals surface area contributed by atoms with Crippen molar-refractivity contribution in [3.8, 4) is 27.4 Å². The topological polar surface area (TPSA) is 226 Å². The van der Waals surface area contributed by atoms with E-state index >= 15 is 0 Å². The number of amides is 4. The van der Waals surface area contributed by atoms with Crippen molar-refractivity contribution in [1.82, 2.24) is 40.3 Å². The number of hydrogen-bond donors (Lipinski definition) is 6. The number of pyridine rings is 1. The van der Waals surface area contributed by atoms with Gasteiger partial charge in [-0.25, -0.2) is 4.98 Å². The molecule has 328 valence electrons. The normalized spacial score (nSPS) is 15.8. The van der Waals surface area contributed by atoms with E-state index in [0.29, 0.717) is 22.8 Å². The molecule has 0 spiro atoms. The highest BCUT2D eigenvalue weighted by atomic mass is 35.5. The van der Waals surface area contributed by atoms with Crippen molar-refractivity contribution in [3.63, 3.8) is 0 Å². The van der Waals surface area contributed by atoms with Gasteiger partial charge in [0, 0.05) is 61.3 Å². The second kappa shape index (κ2) is 19.7. The van der Waals surface area contributed by atoms with Gasteiger partial charge in [0.1, 0.15) is 30.3 Å². The largest absolute Gasteiger partial charge is 0.487 e. The zero-order valence-electron chi connectivity index (χ0n) is 34.1. The quantitative estimate of drug-likeness (QED) is 0.0539. The minimum absolute atomic E-state index is 0.0502. The molecule has 1 unspecified atom stereocenters. The number of aliphatic hydroxyl groups excluding tert-OH is 1. The number of aromatic amines is 1. The summed E-state index contributed by atoms with van der Waals surface area (Å²) in [4.78, 5) is 60.4. The first-order valence-corrected chi connectivity index (χ1v) is 20.5. The lowest BCUT2D eigenvalue weighted by Gasteiger charge is -2.35. The predicted octanol–water partition coefficient (Wildman–Crippen LogP) is 4.96. The summed E-state index contributed by atoms with van der Waals surface area (Å²) in [6.07, 6.45) is 2.01. The monoisotopic (exact) mass is 894 g/mol. The van der Waals surface area contributed by atoms with Crippen molar-refractivity contribution in [2.75, 3.05) is 36.9 Å². The fourth-order valence-electron chi connectivity index (χ4n) is 6.59. The fraction of sp³-hybridized carbons (Fsp3) is 0.366. The van der Waals surface area contributed by atoms with Crippen LogP contribution in [0, 0.1) is 12.3 Å². The van der Waals surface area contributed by atoms with E-state index in [0.717, 1.165) is 21.7 Å². The number of hydrogen-bond acceptors (Lipinski definition) is 13. The molecule has 6 N–H and O–H groups in total. The molecule has 3 aromatic heterocycles. The van der Waals surface area contributed by atoms with Crippen molar-refractivity contribution < 1.29 is 42.5 Å². The lowest BCUT2D eigenvalue weighted by atomic mass is 9.85. The molecule has 1 aliphatic heterocycles. The Balaban J connectivity index is 0.998. The Bertz CT molecular complexity index is 2340. The number of nitrogens with zero attached hydrogens (tertiary/aromatic N) is 5. The molecule has 0 saturated carbocycles. The van der Waals surface area contributed by atoms with Crippen molar-refractivity contribution >= 4 is 58.3 Å². The number of alkyl halides is 3.